The van der Waals surface area contributed by atoms with Crippen LogP contribution >= 0.6 is 0 Å². The number of carbonyl (C=O) groups excluding carboxylic acids is 2. The summed E-state index contributed by atoms with van der Waals surface area (Å²) >= 11 is 0. The summed E-state index contributed by atoms with van der Waals surface area (Å²) in [6.07, 6.45) is 4.97. The van der Waals surface area contributed by atoms with Crippen molar-refractivity contribution < 1.29 is 22.4 Å². The normalized spacial score (nSPS) is 26.9. The van der Waals surface area contributed by atoms with Crippen molar-refractivity contribution in [3.8, 4) is 0 Å². The molecular formula is C18H19FN2O4S. The highest BCUT2D eigenvalue weighted by Crippen LogP contribution is 2.38. The van der Waals surface area contributed by atoms with Gasteiger partial charge in [0.05, 0.1) is 22.8 Å². The second-order valence-corrected chi connectivity index (χ2v) is 9.03. The highest BCUT2D eigenvalue weighted by molar-refractivity contribution is 7.89. The third-order valence-electron chi connectivity index (χ3n) is 5.50. The van der Waals surface area contributed by atoms with E-state index in [-0.39, 0.29) is 47.2 Å². The highest BCUT2D eigenvalue weighted by Gasteiger charge is 2.53. The lowest BCUT2D eigenvalue weighted by atomic mass is 9.85. The van der Waals surface area contributed by atoms with E-state index in [9.17, 15) is 22.4 Å². The van der Waals surface area contributed by atoms with Gasteiger partial charge in [-0.1, -0.05) is 12.2 Å². The molecule has 0 N–H and O–H groups in total. The number of fused-ring (bicyclic) bond motifs is 1. The summed E-state index contributed by atoms with van der Waals surface area (Å²) in [6.45, 7) is 1.68. The third kappa shape index (κ3) is 2.51. The van der Waals surface area contributed by atoms with Crippen LogP contribution in [-0.4, -0.2) is 48.6 Å². The number of carbonyl (C=O) groups is 2. The third-order valence-corrected chi connectivity index (χ3v) is 7.33. The molecule has 3 aliphatic rings. The van der Waals surface area contributed by atoms with Gasteiger partial charge in [-0.25, -0.2) is 12.8 Å². The largest absolute Gasteiger partial charge is 0.276 e. The van der Waals surface area contributed by atoms with Gasteiger partial charge < -0.3 is 0 Å². The Morgan fingerprint density at radius 3 is 2.15 bits per heavy atom. The number of amides is 2. The topological polar surface area (TPSA) is 74.8 Å². The molecule has 2 saturated heterocycles. The van der Waals surface area contributed by atoms with Crippen molar-refractivity contribution in [3.05, 3.63) is 41.7 Å². The Bertz CT molecular complexity index is 895. The minimum atomic E-state index is -3.76. The molecule has 0 radical (unpaired) electrons. The summed E-state index contributed by atoms with van der Waals surface area (Å²) in [7, 11) is -3.76. The zero-order valence-electron chi connectivity index (χ0n) is 14.3. The van der Waals surface area contributed by atoms with E-state index in [0.29, 0.717) is 12.8 Å². The monoisotopic (exact) mass is 378 g/mol. The maximum atomic E-state index is 13.4. The van der Waals surface area contributed by atoms with Crippen LogP contribution in [0.5, 0.6) is 0 Å². The van der Waals surface area contributed by atoms with Crippen LogP contribution in [0, 0.1) is 24.6 Å². The Labute approximate surface area is 151 Å². The van der Waals surface area contributed by atoms with E-state index in [1.807, 2.05) is 12.2 Å². The van der Waals surface area contributed by atoms with E-state index < -0.39 is 21.9 Å². The second-order valence-electron chi connectivity index (χ2n) is 7.09. The van der Waals surface area contributed by atoms with Gasteiger partial charge in [-0.2, -0.15) is 4.31 Å². The molecule has 2 atom stereocenters. The Morgan fingerprint density at radius 1 is 1.04 bits per heavy atom. The lowest BCUT2D eigenvalue weighted by Crippen LogP contribution is -2.62. The van der Waals surface area contributed by atoms with E-state index in [4.69, 9.17) is 0 Å². The zero-order chi connectivity index (χ0) is 18.6. The number of nitrogens with zero attached hydrogens (tertiary/aromatic N) is 2. The number of benzene rings is 1. The first-order chi connectivity index (χ1) is 12.3. The Hall–Kier alpha value is -2.06. The Morgan fingerprint density at radius 2 is 1.62 bits per heavy atom. The molecule has 138 valence electrons. The van der Waals surface area contributed by atoms with Crippen LogP contribution in [0.2, 0.25) is 0 Å². The predicted octanol–water partition coefficient (Wildman–Crippen LogP) is 1.46. The highest BCUT2D eigenvalue weighted by atomic mass is 32.2. The summed E-state index contributed by atoms with van der Waals surface area (Å²) in [5, 5.41) is 0. The summed E-state index contributed by atoms with van der Waals surface area (Å²) < 4.78 is 39.9. The van der Waals surface area contributed by atoms with Crippen molar-refractivity contribution in [2.75, 3.05) is 13.1 Å². The zero-order valence-corrected chi connectivity index (χ0v) is 15.1. The van der Waals surface area contributed by atoms with E-state index >= 15 is 0 Å². The fourth-order valence-electron chi connectivity index (χ4n) is 3.89. The number of imide groups is 1. The van der Waals surface area contributed by atoms with Gasteiger partial charge in [0, 0.05) is 13.1 Å². The Balaban J connectivity index is 1.49. The second kappa shape index (κ2) is 5.99. The van der Waals surface area contributed by atoms with Crippen LogP contribution in [0.25, 0.3) is 0 Å². The van der Waals surface area contributed by atoms with Gasteiger partial charge >= 0.3 is 0 Å². The van der Waals surface area contributed by atoms with Crippen molar-refractivity contribution in [1.29, 1.82) is 0 Å². The average molecular weight is 378 g/mol. The molecule has 26 heavy (non-hydrogen) atoms. The number of hydrogen-bond donors (Lipinski definition) is 0. The number of rotatable bonds is 3. The maximum Gasteiger partial charge on any atom is 0.243 e. The average Bonchev–Trinajstić information content (AvgIpc) is 2.81. The molecule has 1 aliphatic carbocycles. The SMILES string of the molecule is Cc1cc(S(=O)(=O)N2CC(N3C(=O)C4CC=CCC4C3=O)C2)ccc1F. The van der Waals surface area contributed by atoms with Gasteiger partial charge in [0.1, 0.15) is 5.82 Å². The molecular weight excluding hydrogens is 359 g/mol. The number of hydrogen-bond acceptors (Lipinski definition) is 4. The lowest BCUT2D eigenvalue weighted by molar-refractivity contribution is -0.145. The van der Waals surface area contributed by atoms with Gasteiger partial charge in [-0.3, -0.25) is 14.5 Å². The first-order valence-corrected chi connectivity index (χ1v) is 10.0. The predicted molar refractivity (Wildman–Crippen MR) is 90.9 cm³/mol. The molecule has 0 saturated carbocycles. The molecule has 2 fully saturated rings. The lowest BCUT2D eigenvalue weighted by Gasteiger charge is -2.42. The number of halogens is 1. The van der Waals surface area contributed by atoms with Crippen molar-refractivity contribution in [3.63, 3.8) is 0 Å². The van der Waals surface area contributed by atoms with Crippen molar-refractivity contribution in [2.24, 2.45) is 11.8 Å². The molecule has 4 rings (SSSR count). The number of sulfonamides is 1. The van der Waals surface area contributed by atoms with Crippen LogP contribution in [0.1, 0.15) is 18.4 Å². The van der Waals surface area contributed by atoms with Gasteiger partial charge in [0.25, 0.3) is 0 Å². The first kappa shape index (κ1) is 17.4. The summed E-state index contributed by atoms with van der Waals surface area (Å²) in [5.74, 6) is -1.46. The van der Waals surface area contributed by atoms with Crippen LogP contribution < -0.4 is 0 Å². The first-order valence-electron chi connectivity index (χ1n) is 8.59. The molecule has 2 unspecified atom stereocenters. The molecule has 0 bridgehead atoms. The number of likely N-dealkylation sites (tertiary alicyclic amines) is 1. The van der Waals surface area contributed by atoms with Crippen molar-refractivity contribution >= 4 is 21.8 Å². The molecule has 2 heterocycles. The minimum absolute atomic E-state index is 0.0202. The van der Waals surface area contributed by atoms with Crippen LogP contribution in [0.3, 0.4) is 0 Å². The number of allylic oxidation sites excluding steroid dienone is 2. The van der Waals surface area contributed by atoms with Gasteiger partial charge in [-0.05, 0) is 43.5 Å². The fraction of sp³-hybridized carbons (Fsp3) is 0.444. The van der Waals surface area contributed by atoms with E-state index in [1.165, 1.54) is 28.3 Å². The fourth-order valence-corrected chi connectivity index (χ4v) is 5.49. The van der Waals surface area contributed by atoms with Crippen LogP contribution in [0.4, 0.5) is 4.39 Å². The molecule has 0 aromatic heterocycles. The summed E-state index contributed by atoms with van der Waals surface area (Å²) in [4.78, 5) is 26.4. The minimum Gasteiger partial charge on any atom is -0.276 e. The smallest absolute Gasteiger partial charge is 0.243 e. The summed E-state index contributed by atoms with van der Waals surface area (Å²) in [6, 6.07) is 3.24. The van der Waals surface area contributed by atoms with Crippen LogP contribution in [0.15, 0.2) is 35.2 Å². The molecule has 0 spiro atoms. The molecule has 2 aliphatic heterocycles. The maximum absolute atomic E-state index is 13.4. The van der Waals surface area contributed by atoms with Crippen LogP contribution in [-0.2, 0) is 19.6 Å². The quantitative estimate of drug-likeness (QED) is 0.590. The summed E-state index contributed by atoms with van der Waals surface area (Å²) in [5.41, 5.74) is 0.254. The molecule has 1 aromatic rings. The van der Waals surface area contributed by atoms with Gasteiger partial charge in [-0.15, -0.1) is 0 Å². The van der Waals surface area contributed by atoms with E-state index in [0.717, 1.165) is 6.07 Å². The molecule has 6 nitrogen and oxygen atoms in total. The van der Waals surface area contributed by atoms with Crippen molar-refractivity contribution in [2.45, 2.75) is 30.7 Å². The van der Waals surface area contributed by atoms with Crippen molar-refractivity contribution in [1.82, 2.24) is 9.21 Å². The molecule has 2 amide bonds. The molecule has 8 heteroatoms. The molecule has 1 aromatic carbocycles. The standard InChI is InChI=1S/C18H19FN2O4S/c1-11-8-13(6-7-16(11)19)26(24,25)20-9-12(10-20)21-17(22)14-4-2-3-5-15(14)18(21)23/h2-3,6-8,12,14-15H,4-5,9-10H2,1H3. The Kier molecular flexibility index (Phi) is 4.00. The van der Waals surface area contributed by atoms with E-state index in [1.54, 1.807) is 0 Å². The van der Waals surface area contributed by atoms with Gasteiger partial charge in [0.15, 0.2) is 0 Å². The van der Waals surface area contributed by atoms with Gasteiger partial charge in [0.2, 0.25) is 21.8 Å². The number of aryl methyl sites for hydroxylation is 1. The van der Waals surface area contributed by atoms with E-state index in [2.05, 4.69) is 0 Å².